The van der Waals surface area contributed by atoms with Crippen molar-refractivity contribution < 1.29 is 22.6 Å². The molecule has 8 heteroatoms. The quantitative estimate of drug-likeness (QED) is 0.605. The largest absolute Gasteiger partial charge is 0.573 e. The molecule has 1 aliphatic heterocycles. The van der Waals surface area contributed by atoms with Gasteiger partial charge in [-0.25, -0.2) is 4.68 Å². The first-order chi connectivity index (χ1) is 14.2. The van der Waals surface area contributed by atoms with Gasteiger partial charge in [0.05, 0.1) is 29.8 Å². The van der Waals surface area contributed by atoms with Crippen molar-refractivity contribution in [3.63, 3.8) is 0 Å². The van der Waals surface area contributed by atoms with Crippen LogP contribution in [0.4, 0.5) is 13.2 Å². The average molecular weight is 417 g/mol. The van der Waals surface area contributed by atoms with E-state index in [-0.39, 0.29) is 11.9 Å². The van der Waals surface area contributed by atoms with E-state index in [1.54, 1.807) is 16.8 Å². The van der Waals surface area contributed by atoms with Crippen LogP contribution in [0.2, 0.25) is 0 Å². The van der Waals surface area contributed by atoms with Gasteiger partial charge in [0, 0.05) is 28.9 Å². The number of nitrogens with zero attached hydrogens (tertiary/aromatic N) is 3. The molecule has 0 bridgehead atoms. The SMILES string of the molecule is Cc1cc(-c2nn(-c3ccc(OC(F)(F)F)cc3)c3c2CCO[C@H](C)C3)cc(C)n1. The first kappa shape index (κ1) is 20.4. The van der Waals surface area contributed by atoms with E-state index in [0.717, 1.165) is 33.9 Å². The summed E-state index contributed by atoms with van der Waals surface area (Å²) in [7, 11) is 0. The van der Waals surface area contributed by atoms with Gasteiger partial charge in [0.2, 0.25) is 0 Å². The predicted molar refractivity (Wildman–Crippen MR) is 106 cm³/mol. The molecule has 4 rings (SSSR count). The molecule has 0 amide bonds. The number of alkyl halides is 3. The Morgan fingerprint density at radius 1 is 1.10 bits per heavy atom. The highest BCUT2D eigenvalue weighted by atomic mass is 19.4. The van der Waals surface area contributed by atoms with Crippen LogP contribution in [0.3, 0.4) is 0 Å². The van der Waals surface area contributed by atoms with Crippen molar-refractivity contribution in [2.45, 2.75) is 46.1 Å². The summed E-state index contributed by atoms with van der Waals surface area (Å²) in [4.78, 5) is 4.44. The second-order valence-electron chi connectivity index (χ2n) is 7.50. The van der Waals surface area contributed by atoms with E-state index in [2.05, 4.69) is 9.72 Å². The number of fused-ring (bicyclic) bond motifs is 1. The van der Waals surface area contributed by atoms with Crippen LogP contribution in [0.5, 0.6) is 5.75 Å². The number of aryl methyl sites for hydroxylation is 2. The molecule has 158 valence electrons. The van der Waals surface area contributed by atoms with Gasteiger partial charge >= 0.3 is 6.36 Å². The van der Waals surface area contributed by atoms with Crippen molar-refractivity contribution in [1.29, 1.82) is 0 Å². The summed E-state index contributed by atoms with van der Waals surface area (Å²) < 4.78 is 49.1. The summed E-state index contributed by atoms with van der Waals surface area (Å²) in [6, 6.07) is 9.75. The van der Waals surface area contributed by atoms with Gasteiger partial charge in [-0.05, 0) is 63.6 Å². The summed E-state index contributed by atoms with van der Waals surface area (Å²) in [6.45, 7) is 6.48. The summed E-state index contributed by atoms with van der Waals surface area (Å²) in [5.41, 5.74) is 6.41. The molecule has 0 aliphatic carbocycles. The molecule has 0 fully saturated rings. The third kappa shape index (κ3) is 4.33. The summed E-state index contributed by atoms with van der Waals surface area (Å²) in [5, 5.41) is 4.87. The van der Waals surface area contributed by atoms with Crippen LogP contribution in [0.15, 0.2) is 36.4 Å². The van der Waals surface area contributed by atoms with Crippen molar-refractivity contribution in [3.05, 3.63) is 59.0 Å². The third-order valence-electron chi connectivity index (χ3n) is 4.99. The standard InChI is InChI=1S/C22H22F3N3O2/c1-13-10-16(11-14(2)26-13)21-19-8-9-29-15(3)12-20(19)28(27-21)17-4-6-18(7-5-17)30-22(23,24)25/h4-7,10-11,15H,8-9,12H2,1-3H3/t15-/m1/s1. The van der Waals surface area contributed by atoms with Gasteiger partial charge in [-0.2, -0.15) is 5.10 Å². The third-order valence-corrected chi connectivity index (χ3v) is 4.99. The zero-order valence-electron chi connectivity index (χ0n) is 17.0. The topological polar surface area (TPSA) is 49.2 Å². The summed E-state index contributed by atoms with van der Waals surface area (Å²) in [6.07, 6.45) is -3.33. The fraction of sp³-hybridized carbons (Fsp3) is 0.364. The van der Waals surface area contributed by atoms with Crippen molar-refractivity contribution >= 4 is 0 Å². The minimum Gasteiger partial charge on any atom is -0.406 e. The van der Waals surface area contributed by atoms with Gasteiger partial charge in [0.1, 0.15) is 5.75 Å². The fourth-order valence-corrected chi connectivity index (χ4v) is 3.86. The van der Waals surface area contributed by atoms with Gasteiger partial charge in [-0.15, -0.1) is 13.2 Å². The maximum atomic E-state index is 12.5. The Morgan fingerprint density at radius 2 is 1.77 bits per heavy atom. The Hall–Kier alpha value is -2.87. The Morgan fingerprint density at radius 3 is 2.40 bits per heavy atom. The molecule has 0 saturated heterocycles. The number of hydrogen-bond acceptors (Lipinski definition) is 4. The van der Waals surface area contributed by atoms with Crippen LogP contribution in [0.1, 0.15) is 29.6 Å². The molecule has 0 radical (unpaired) electrons. The van der Waals surface area contributed by atoms with E-state index in [9.17, 15) is 13.2 Å². The van der Waals surface area contributed by atoms with Gasteiger partial charge in [-0.1, -0.05) is 0 Å². The molecule has 30 heavy (non-hydrogen) atoms. The van der Waals surface area contributed by atoms with E-state index in [4.69, 9.17) is 9.84 Å². The molecule has 0 unspecified atom stereocenters. The predicted octanol–water partition coefficient (Wildman–Crippen LogP) is 4.95. The Balaban J connectivity index is 1.81. The highest BCUT2D eigenvalue weighted by Crippen LogP contribution is 2.32. The molecule has 3 heterocycles. The number of ether oxygens (including phenoxy) is 2. The monoisotopic (exact) mass is 417 g/mol. The van der Waals surface area contributed by atoms with E-state index >= 15 is 0 Å². The molecule has 3 aromatic rings. The second-order valence-corrected chi connectivity index (χ2v) is 7.50. The molecule has 0 saturated carbocycles. The minimum atomic E-state index is -4.72. The number of halogens is 3. The first-order valence-corrected chi connectivity index (χ1v) is 9.74. The van der Waals surface area contributed by atoms with Crippen LogP contribution in [0, 0.1) is 13.8 Å². The van der Waals surface area contributed by atoms with Gasteiger partial charge in [-0.3, -0.25) is 4.98 Å². The second kappa shape index (κ2) is 7.75. The highest BCUT2D eigenvalue weighted by molar-refractivity contribution is 5.66. The highest BCUT2D eigenvalue weighted by Gasteiger charge is 2.31. The van der Waals surface area contributed by atoms with E-state index in [1.165, 1.54) is 12.1 Å². The average Bonchev–Trinajstić information content (AvgIpc) is 2.87. The molecule has 1 atom stereocenters. The van der Waals surface area contributed by atoms with E-state index in [0.29, 0.717) is 25.1 Å². The Labute approximate surface area is 172 Å². The van der Waals surface area contributed by atoms with Crippen molar-refractivity contribution in [2.75, 3.05) is 6.61 Å². The van der Waals surface area contributed by atoms with Crippen molar-refractivity contribution in [3.8, 4) is 22.7 Å². The van der Waals surface area contributed by atoms with Gasteiger partial charge < -0.3 is 9.47 Å². The summed E-state index contributed by atoms with van der Waals surface area (Å²) in [5.74, 6) is -0.262. The molecule has 1 aliphatic rings. The van der Waals surface area contributed by atoms with Crippen molar-refractivity contribution in [1.82, 2.24) is 14.8 Å². The van der Waals surface area contributed by atoms with Crippen LogP contribution in [-0.4, -0.2) is 33.8 Å². The Bertz CT molecular complexity index is 1040. The van der Waals surface area contributed by atoms with E-state index in [1.807, 2.05) is 32.9 Å². The molecule has 0 N–H and O–H groups in total. The van der Waals surface area contributed by atoms with Crippen LogP contribution >= 0.6 is 0 Å². The smallest absolute Gasteiger partial charge is 0.406 e. The Kier molecular flexibility index (Phi) is 5.27. The van der Waals surface area contributed by atoms with Gasteiger partial charge in [0.15, 0.2) is 0 Å². The number of benzene rings is 1. The fourth-order valence-electron chi connectivity index (χ4n) is 3.86. The molecule has 1 aromatic carbocycles. The zero-order chi connectivity index (χ0) is 21.5. The lowest BCUT2D eigenvalue weighted by Crippen LogP contribution is -2.17. The lowest BCUT2D eigenvalue weighted by molar-refractivity contribution is -0.274. The number of aromatic nitrogens is 3. The maximum Gasteiger partial charge on any atom is 0.573 e. The molecule has 0 spiro atoms. The maximum absolute atomic E-state index is 12.5. The van der Waals surface area contributed by atoms with Gasteiger partial charge in [0.25, 0.3) is 0 Å². The number of hydrogen-bond donors (Lipinski definition) is 0. The zero-order valence-corrected chi connectivity index (χ0v) is 17.0. The van der Waals surface area contributed by atoms with Crippen LogP contribution in [-0.2, 0) is 17.6 Å². The molecule has 5 nitrogen and oxygen atoms in total. The lowest BCUT2D eigenvalue weighted by Gasteiger charge is -2.12. The van der Waals surface area contributed by atoms with Crippen molar-refractivity contribution in [2.24, 2.45) is 0 Å². The normalized spacial score (nSPS) is 16.8. The van der Waals surface area contributed by atoms with E-state index < -0.39 is 6.36 Å². The van der Waals surface area contributed by atoms with Crippen LogP contribution in [0.25, 0.3) is 16.9 Å². The first-order valence-electron chi connectivity index (χ1n) is 9.74. The van der Waals surface area contributed by atoms with Crippen LogP contribution < -0.4 is 4.74 Å². The molecular weight excluding hydrogens is 395 g/mol. The minimum absolute atomic E-state index is 0.0169. The number of rotatable bonds is 3. The lowest BCUT2D eigenvalue weighted by atomic mass is 10.0. The molecular formula is C22H22F3N3O2. The number of pyridine rings is 1. The molecule has 2 aromatic heterocycles. The summed E-state index contributed by atoms with van der Waals surface area (Å²) >= 11 is 0.